The van der Waals surface area contributed by atoms with Crippen LogP contribution in [0.2, 0.25) is 5.02 Å². The Hall–Kier alpha value is -2.92. The first-order valence-corrected chi connectivity index (χ1v) is 13.7. The molecule has 0 aliphatic carbocycles. The van der Waals surface area contributed by atoms with Crippen molar-refractivity contribution >= 4 is 48.9 Å². The average molecular weight is 536 g/mol. The standard InChI is InChI=1S/C24H26ClN3O5S2/c1-17-5-12-22(34(30,31)27(2)3)16-23(17)26-24(29)15-18-6-10-20(11-7-18)28(4)35(32,33)21-13-8-19(25)9-14-21/h5-14,16H,15H2,1-4H3,(H,26,29). The van der Waals surface area contributed by atoms with Gasteiger partial charge in [0.25, 0.3) is 10.0 Å². The number of anilines is 2. The van der Waals surface area contributed by atoms with Crippen LogP contribution in [0.15, 0.2) is 76.5 Å². The number of benzene rings is 3. The number of nitrogens with one attached hydrogen (secondary N) is 1. The van der Waals surface area contributed by atoms with Gasteiger partial charge >= 0.3 is 0 Å². The van der Waals surface area contributed by atoms with Crippen LogP contribution in [0, 0.1) is 6.92 Å². The van der Waals surface area contributed by atoms with Gasteiger partial charge in [-0.05, 0) is 66.6 Å². The summed E-state index contributed by atoms with van der Waals surface area (Å²) in [5, 5.41) is 3.20. The molecule has 3 aromatic rings. The maximum absolute atomic E-state index is 12.9. The van der Waals surface area contributed by atoms with Gasteiger partial charge in [-0.3, -0.25) is 9.10 Å². The molecule has 0 unspecified atom stereocenters. The van der Waals surface area contributed by atoms with E-state index in [1.54, 1.807) is 37.3 Å². The van der Waals surface area contributed by atoms with E-state index in [4.69, 9.17) is 11.6 Å². The molecule has 0 saturated carbocycles. The van der Waals surface area contributed by atoms with Crippen molar-refractivity contribution in [2.75, 3.05) is 30.8 Å². The Labute approximate surface area is 211 Å². The zero-order chi connectivity index (χ0) is 26.0. The van der Waals surface area contributed by atoms with E-state index in [0.29, 0.717) is 22.0 Å². The highest BCUT2D eigenvalue weighted by molar-refractivity contribution is 7.92. The van der Waals surface area contributed by atoms with Crippen molar-refractivity contribution in [3.63, 3.8) is 0 Å². The van der Waals surface area contributed by atoms with E-state index in [9.17, 15) is 21.6 Å². The Kier molecular flexibility index (Phi) is 7.90. The van der Waals surface area contributed by atoms with E-state index in [1.807, 2.05) is 0 Å². The lowest BCUT2D eigenvalue weighted by Crippen LogP contribution is -2.26. The lowest BCUT2D eigenvalue weighted by Gasteiger charge is -2.20. The van der Waals surface area contributed by atoms with Crippen LogP contribution in [0.1, 0.15) is 11.1 Å². The van der Waals surface area contributed by atoms with Crippen LogP contribution in [0.3, 0.4) is 0 Å². The summed E-state index contributed by atoms with van der Waals surface area (Å²) < 4.78 is 52.8. The van der Waals surface area contributed by atoms with Crippen LogP contribution < -0.4 is 9.62 Å². The Bertz CT molecular complexity index is 1440. The van der Waals surface area contributed by atoms with E-state index < -0.39 is 20.0 Å². The molecule has 0 aromatic heterocycles. The summed E-state index contributed by atoms with van der Waals surface area (Å²) >= 11 is 5.85. The molecule has 0 bridgehead atoms. The number of hydrogen-bond donors (Lipinski definition) is 1. The fraction of sp³-hybridized carbons (Fsp3) is 0.208. The van der Waals surface area contributed by atoms with Gasteiger partial charge in [0, 0.05) is 31.9 Å². The summed E-state index contributed by atoms with van der Waals surface area (Å²) in [4.78, 5) is 12.8. The van der Waals surface area contributed by atoms with Gasteiger partial charge in [0.2, 0.25) is 15.9 Å². The number of rotatable bonds is 8. The van der Waals surface area contributed by atoms with Gasteiger partial charge < -0.3 is 5.32 Å². The topological polar surface area (TPSA) is 104 Å². The van der Waals surface area contributed by atoms with Gasteiger partial charge in [0.05, 0.1) is 21.9 Å². The Morgan fingerprint density at radius 1 is 0.829 bits per heavy atom. The lowest BCUT2D eigenvalue weighted by molar-refractivity contribution is -0.115. The molecule has 0 spiro atoms. The highest BCUT2D eigenvalue weighted by Crippen LogP contribution is 2.25. The lowest BCUT2D eigenvalue weighted by atomic mass is 10.1. The average Bonchev–Trinajstić information content (AvgIpc) is 2.80. The number of aryl methyl sites for hydroxylation is 1. The highest BCUT2D eigenvalue weighted by atomic mass is 35.5. The van der Waals surface area contributed by atoms with Crippen molar-refractivity contribution in [3.8, 4) is 0 Å². The molecule has 0 saturated heterocycles. The molecule has 186 valence electrons. The normalized spacial score (nSPS) is 11.9. The minimum Gasteiger partial charge on any atom is -0.326 e. The van der Waals surface area contributed by atoms with Gasteiger partial charge in [-0.15, -0.1) is 0 Å². The van der Waals surface area contributed by atoms with Crippen LogP contribution in [-0.4, -0.2) is 48.2 Å². The molecule has 11 heteroatoms. The third kappa shape index (κ3) is 6.02. The third-order valence-electron chi connectivity index (χ3n) is 5.40. The molecule has 1 amide bonds. The number of carbonyl (C=O) groups is 1. The van der Waals surface area contributed by atoms with E-state index >= 15 is 0 Å². The Balaban J connectivity index is 1.72. The number of nitrogens with zero attached hydrogens (tertiary/aromatic N) is 2. The van der Waals surface area contributed by atoms with Crippen molar-refractivity contribution in [1.29, 1.82) is 0 Å². The smallest absolute Gasteiger partial charge is 0.264 e. The molecule has 0 heterocycles. The van der Waals surface area contributed by atoms with E-state index in [-0.39, 0.29) is 22.1 Å². The summed E-state index contributed by atoms with van der Waals surface area (Å²) in [6.45, 7) is 1.77. The molecule has 3 rings (SSSR count). The van der Waals surface area contributed by atoms with Gasteiger partial charge in [-0.1, -0.05) is 29.8 Å². The van der Waals surface area contributed by atoms with Crippen molar-refractivity contribution in [2.45, 2.75) is 23.1 Å². The molecule has 0 atom stereocenters. The monoisotopic (exact) mass is 535 g/mol. The summed E-state index contributed by atoms with van der Waals surface area (Å²) in [6.07, 6.45) is 0.0258. The molecule has 35 heavy (non-hydrogen) atoms. The summed E-state index contributed by atoms with van der Waals surface area (Å²) in [7, 11) is -3.08. The number of hydrogen-bond acceptors (Lipinski definition) is 5. The van der Waals surface area contributed by atoms with Crippen molar-refractivity contribution in [1.82, 2.24) is 4.31 Å². The van der Waals surface area contributed by atoms with Crippen LogP contribution in [0.4, 0.5) is 11.4 Å². The second kappa shape index (κ2) is 10.4. The first-order valence-electron chi connectivity index (χ1n) is 10.5. The summed E-state index contributed by atoms with van der Waals surface area (Å²) in [5.41, 5.74) is 2.23. The quantitative estimate of drug-likeness (QED) is 0.471. The van der Waals surface area contributed by atoms with E-state index in [2.05, 4.69) is 5.32 Å². The van der Waals surface area contributed by atoms with Gasteiger partial charge in [-0.25, -0.2) is 21.1 Å². The van der Waals surface area contributed by atoms with Crippen molar-refractivity contribution in [3.05, 3.63) is 82.9 Å². The highest BCUT2D eigenvalue weighted by Gasteiger charge is 2.22. The van der Waals surface area contributed by atoms with Gasteiger partial charge in [0.1, 0.15) is 0 Å². The molecule has 1 N–H and O–H groups in total. The molecule has 0 aliphatic rings. The maximum Gasteiger partial charge on any atom is 0.264 e. The number of amides is 1. The number of sulfonamides is 2. The van der Waals surface area contributed by atoms with E-state index in [0.717, 1.165) is 14.2 Å². The second-order valence-electron chi connectivity index (χ2n) is 8.08. The molecular weight excluding hydrogens is 510 g/mol. The fourth-order valence-corrected chi connectivity index (χ4v) is 5.46. The molecule has 0 fully saturated rings. The molecular formula is C24H26ClN3O5S2. The van der Waals surface area contributed by atoms with Crippen molar-refractivity contribution in [2.24, 2.45) is 0 Å². The first-order chi connectivity index (χ1) is 16.3. The Morgan fingerprint density at radius 2 is 1.40 bits per heavy atom. The van der Waals surface area contributed by atoms with Crippen LogP contribution in [-0.2, 0) is 31.3 Å². The molecule has 8 nitrogen and oxygen atoms in total. The first kappa shape index (κ1) is 26.7. The SMILES string of the molecule is Cc1ccc(S(=O)(=O)N(C)C)cc1NC(=O)Cc1ccc(N(C)S(=O)(=O)c2ccc(Cl)cc2)cc1. The summed E-state index contributed by atoms with van der Waals surface area (Å²) in [6, 6.07) is 17.0. The molecule has 3 aromatic carbocycles. The second-order valence-corrected chi connectivity index (χ2v) is 12.6. The van der Waals surface area contributed by atoms with Crippen LogP contribution >= 0.6 is 11.6 Å². The minimum atomic E-state index is -3.77. The van der Waals surface area contributed by atoms with Crippen LogP contribution in [0.25, 0.3) is 0 Å². The predicted molar refractivity (Wildman–Crippen MR) is 138 cm³/mol. The molecule has 0 radical (unpaired) electrons. The largest absolute Gasteiger partial charge is 0.326 e. The minimum absolute atomic E-state index is 0.0258. The summed E-state index contributed by atoms with van der Waals surface area (Å²) in [5.74, 6) is -0.331. The Morgan fingerprint density at radius 3 is 1.97 bits per heavy atom. The van der Waals surface area contributed by atoms with E-state index in [1.165, 1.54) is 57.5 Å². The zero-order valence-electron chi connectivity index (χ0n) is 19.7. The molecule has 0 aliphatic heterocycles. The van der Waals surface area contributed by atoms with Crippen LogP contribution in [0.5, 0.6) is 0 Å². The van der Waals surface area contributed by atoms with Crippen molar-refractivity contribution < 1.29 is 21.6 Å². The zero-order valence-corrected chi connectivity index (χ0v) is 22.1. The predicted octanol–water partition coefficient (Wildman–Crippen LogP) is 3.91. The fourth-order valence-electron chi connectivity index (χ4n) is 3.21. The van der Waals surface area contributed by atoms with Gasteiger partial charge in [0.15, 0.2) is 0 Å². The number of carbonyl (C=O) groups excluding carboxylic acids is 1. The maximum atomic E-state index is 12.9. The number of halogens is 1. The third-order valence-corrected chi connectivity index (χ3v) is 9.26. The van der Waals surface area contributed by atoms with Gasteiger partial charge in [-0.2, -0.15) is 0 Å².